The van der Waals surface area contributed by atoms with E-state index in [0.29, 0.717) is 11.9 Å². The van der Waals surface area contributed by atoms with Crippen molar-refractivity contribution >= 4 is 17.5 Å². The van der Waals surface area contributed by atoms with Gasteiger partial charge in [0.25, 0.3) is 5.95 Å². The van der Waals surface area contributed by atoms with E-state index in [4.69, 9.17) is 4.98 Å². The summed E-state index contributed by atoms with van der Waals surface area (Å²) >= 11 is 0. The number of para-hydroxylation sites is 1. The molecule has 22 heavy (non-hydrogen) atoms. The summed E-state index contributed by atoms with van der Waals surface area (Å²) in [7, 11) is 0. The second-order valence-electron chi connectivity index (χ2n) is 5.89. The molecule has 116 valence electrons. The normalized spacial score (nSPS) is 18.3. The molecule has 1 saturated heterocycles. The van der Waals surface area contributed by atoms with Gasteiger partial charge in [0, 0.05) is 25.3 Å². The highest BCUT2D eigenvalue weighted by Crippen LogP contribution is 2.24. The van der Waals surface area contributed by atoms with Crippen LogP contribution < -0.4 is 9.80 Å². The molecule has 0 radical (unpaired) electrons. The smallest absolute Gasteiger partial charge is 0.251 e. The summed E-state index contributed by atoms with van der Waals surface area (Å²) in [4.78, 5) is 9.17. The zero-order chi connectivity index (χ0) is 15.4. The zero-order valence-electron chi connectivity index (χ0n) is 13.3. The average molecular weight is 297 g/mol. The molecule has 1 fully saturated rings. The van der Waals surface area contributed by atoms with E-state index in [1.807, 2.05) is 18.2 Å². The molecule has 2 aromatic rings. The van der Waals surface area contributed by atoms with Gasteiger partial charge in [-0.3, -0.25) is 0 Å². The van der Waals surface area contributed by atoms with Crippen molar-refractivity contribution in [3.05, 3.63) is 36.5 Å². The van der Waals surface area contributed by atoms with Crippen LogP contribution in [-0.2, 0) is 0 Å². The van der Waals surface area contributed by atoms with Gasteiger partial charge < -0.3 is 9.80 Å². The summed E-state index contributed by atoms with van der Waals surface area (Å²) in [5.41, 5.74) is 1.09. The van der Waals surface area contributed by atoms with Gasteiger partial charge in [0.05, 0.1) is 6.20 Å². The first-order chi connectivity index (χ1) is 10.8. The quantitative estimate of drug-likeness (QED) is 0.866. The molecule has 2 heterocycles. The maximum Gasteiger partial charge on any atom is 0.251 e. The van der Waals surface area contributed by atoms with Gasteiger partial charge >= 0.3 is 0 Å². The van der Waals surface area contributed by atoms with Crippen LogP contribution in [0.15, 0.2) is 36.5 Å². The fourth-order valence-electron chi connectivity index (χ4n) is 3.00. The fraction of sp³-hybridized carbons (Fsp3) is 0.471. The number of rotatable bonds is 4. The van der Waals surface area contributed by atoms with Crippen LogP contribution in [0.5, 0.6) is 0 Å². The summed E-state index contributed by atoms with van der Waals surface area (Å²) in [5, 5.41) is 8.42. The maximum atomic E-state index is 4.76. The van der Waals surface area contributed by atoms with E-state index in [2.05, 4.69) is 46.0 Å². The highest BCUT2D eigenvalue weighted by atomic mass is 15.3. The van der Waals surface area contributed by atoms with Gasteiger partial charge in [-0.25, -0.2) is 0 Å². The predicted molar refractivity (Wildman–Crippen MR) is 89.6 cm³/mol. The maximum absolute atomic E-state index is 4.76. The molecule has 0 amide bonds. The summed E-state index contributed by atoms with van der Waals surface area (Å²) < 4.78 is 0. The average Bonchev–Trinajstić information content (AvgIpc) is 2.57. The Hall–Kier alpha value is -2.17. The first kappa shape index (κ1) is 14.8. The summed E-state index contributed by atoms with van der Waals surface area (Å²) in [6.45, 7) is 7.32. The third kappa shape index (κ3) is 3.18. The molecule has 1 unspecified atom stereocenters. The lowest BCUT2D eigenvalue weighted by Crippen LogP contribution is -2.35. The van der Waals surface area contributed by atoms with Crippen LogP contribution in [0, 0.1) is 5.92 Å². The van der Waals surface area contributed by atoms with Crippen molar-refractivity contribution in [3.8, 4) is 0 Å². The Morgan fingerprint density at radius 1 is 1.27 bits per heavy atom. The molecule has 0 aliphatic carbocycles. The fourth-order valence-corrected chi connectivity index (χ4v) is 3.00. The van der Waals surface area contributed by atoms with Crippen LogP contribution in [0.4, 0.5) is 17.5 Å². The van der Waals surface area contributed by atoms with Gasteiger partial charge in [0.1, 0.15) is 0 Å². The van der Waals surface area contributed by atoms with Crippen molar-refractivity contribution in [2.24, 2.45) is 5.92 Å². The minimum absolute atomic E-state index is 0.671. The molecule has 0 spiro atoms. The summed E-state index contributed by atoms with van der Waals surface area (Å²) in [5.74, 6) is 2.32. The van der Waals surface area contributed by atoms with Gasteiger partial charge in [-0.15, -0.1) is 5.10 Å². The van der Waals surface area contributed by atoms with Crippen LogP contribution in [-0.4, -0.2) is 34.8 Å². The molecule has 0 N–H and O–H groups in total. The number of nitrogens with zero attached hydrogens (tertiary/aromatic N) is 5. The topological polar surface area (TPSA) is 45.2 Å². The number of aromatic nitrogens is 3. The van der Waals surface area contributed by atoms with Gasteiger partial charge in [-0.2, -0.15) is 10.1 Å². The Bertz CT molecular complexity index is 601. The Labute approximate surface area is 132 Å². The van der Waals surface area contributed by atoms with Crippen molar-refractivity contribution in [2.75, 3.05) is 29.4 Å². The highest BCUT2D eigenvalue weighted by Gasteiger charge is 2.19. The molecular formula is C17H23N5. The highest BCUT2D eigenvalue weighted by molar-refractivity contribution is 5.57. The minimum Gasteiger partial charge on any atom is -0.355 e. The van der Waals surface area contributed by atoms with Crippen molar-refractivity contribution in [1.82, 2.24) is 15.2 Å². The first-order valence-electron chi connectivity index (χ1n) is 8.05. The third-order valence-electron chi connectivity index (χ3n) is 4.14. The van der Waals surface area contributed by atoms with Crippen LogP contribution >= 0.6 is 0 Å². The Balaban J connectivity index is 1.86. The molecule has 5 heteroatoms. The number of hydrogen-bond donors (Lipinski definition) is 0. The second kappa shape index (κ2) is 6.73. The molecule has 0 bridgehead atoms. The van der Waals surface area contributed by atoms with E-state index in [-0.39, 0.29) is 0 Å². The molecular weight excluding hydrogens is 274 g/mol. The Morgan fingerprint density at radius 2 is 2.09 bits per heavy atom. The largest absolute Gasteiger partial charge is 0.355 e. The molecule has 0 saturated carbocycles. The van der Waals surface area contributed by atoms with Crippen LogP contribution in [0.3, 0.4) is 0 Å². The number of hydrogen-bond acceptors (Lipinski definition) is 5. The van der Waals surface area contributed by atoms with E-state index in [0.717, 1.165) is 31.1 Å². The lowest BCUT2D eigenvalue weighted by molar-refractivity contribution is 0.444. The lowest BCUT2D eigenvalue weighted by Gasteiger charge is -2.32. The van der Waals surface area contributed by atoms with E-state index in [1.165, 1.54) is 12.8 Å². The van der Waals surface area contributed by atoms with Crippen LogP contribution in [0.1, 0.15) is 26.7 Å². The van der Waals surface area contributed by atoms with Crippen LogP contribution in [0.25, 0.3) is 0 Å². The second-order valence-corrected chi connectivity index (χ2v) is 5.89. The molecule has 1 atom stereocenters. The Kier molecular flexibility index (Phi) is 4.51. The minimum atomic E-state index is 0.671. The number of piperidine rings is 1. The number of anilines is 3. The molecule has 1 aromatic heterocycles. The number of benzene rings is 1. The molecule has 1 aliphatic rings. The monoisotopic (exact) mass is 297 g/mol. The van der Waals surface area contributed by atoms with E-state index >= 15 is 0 Å². The SMILES string of the molecule is CCN(c1ccccc1)c1nncc(N2CCCC(C)C2)n1. The molecule has 1 aliphatic heterocycles. The van der Waals surface area contributed by atoms with Crippen molar-refractivity contribution in [2.45, 2.75) is 26.7 Å². The van der Waals surface area contributed by atoms with E-state index in [1.54, 1.807) is 6.20 Å². The molecule has 5 nitrogen and oxygen atoms in total. The van der Waals surface area contributed by atoms with E-state index < -0.39 is 0 Å². The van der Waals surface area contributed by atoms with Gasteiger partial charge in [0.15, 0.2) is 5.82 Å². The third-order valence-corrected chi connectivity index (χ3v) is 4.14. The lowest BCUT2D eigenvalue weighted by atomic mass is 10.0. The molecule has 1 aromatic carbocycles. The van der Waals surface area contributed by atoms with Crippen molar-refractivity contribution in [3.63, 3.8) is 0 Å². The van der Waals surface area contributed by atoms with Crippen molar-refractivity contribution < 1.29 is 0 Å². The first-order valence-corrected chi connectivity index (χ1v) is 8.05. The standard InChI is InChI=1S/C17H23N5/c1-3-22(15-9-5-4-6-10-15)17-19-16(12-18-20-17)21-11-7-8-14(2)13-21/h4-6,9-10,12,14H,3,7-8,11,13H2,1-2H3. The van der Waals surface area contributed by atoms with Gasteiger partial charge in [-0.05, 0) is 37.8 Å². The van der Waals surface area contributed by atoms with Crippen molar-refractivity contribution in [1.29, 1.82) is 0 Å². The zero-order valence-corrected chi connectivity index (χ0v) is 13.3. The predicted octanol–water partition coefficient (Wildman–Crippen LogP) is 3.27. The molecule has 3 rings (SSSR count). The summed E-state index contributed by atoms with van der Waals surface area (Å²) in [6.07, 6.45) is 4.30. The Morgan fingerprint density at radius 3 is 2.82 bits per heavy atom. The summed E-state index contributed by atoms with van der Waals surface area (Å²) in [6, 6.07) is 10.2. The van der Waals surface area contributed by atoms with Gasteiger partial charge in [0.2, 0.25) is 0 Å². The van der Waals surface area contributed by atoms with Gasteiger partial charge in [-0.1, -0.05) is 25.1 Å². The van der Waals surface area contributed by atoms with E-state index in [9.17, 15) is 0 Å². The van der Waals surface area contributed by atoms with Crippen LogP contribution in [0.2, 0.25) is 0 Å².